The molecule has 2 atom stereocenters. The van der Waals surface area contributed by atoms with Gasteiger partial charge in [0.05, 0.1) is 29.5 Å². The lowest BCUT2D eigenvalue weighted by Gasteiger charge is -2.33. The van der Waals surface area contributed by atoms with Crippen molar-refractivity contribution >= 4 is 11.7 Å². The lowest BCUT2D eigenvalue weighted by molar-refractivity contribution is -0.147. The smallest absolute Gasteiger partial charge is 0.353 e. The van der Waals surface area contributed by atoms with E-state index in [1.54, 1.807) is 30.3 Å². The number of hydrogen-bond donors (Lipinski definition) is 1. The Labute approximate surface area is 137 Å². The summed E-state index contributed by atoms with van der Waals surface area (Å²) in [6.45, 7) is 1.54. The Hall–Kier alpha value is -3.63. The minimum Gasteiger partial charge on any atom is -0.400 e. The maximum Gasteiger partial charge on any atom is 0.353 e. The average molecular weight is 317 g/mol. The van der Waals surface area contributed by atoms with Gasteiger partial charge in [0.1, 0.15) is 0 Å². The molecule has 2 N–H and O–H groups in total. The van der Waals surface area contributed by atoms with Gasteiger partial charge in [0.2, 0.25) is 0 Å². The van der Waals surface area contributed by atoms with Crippen molar-refractivity contribution in [1.82, 2.24) is 0 Å². The zero-order valence-corrected chi connectivity index (χ0v) is 12.6. The molecule has 7 nitrogen and oxygen atoms in total. The second-order valence-corrected chi connectivity index (χ2v) is 5.64. The summed E-state index contributed by atoms with van der Waals surface area (Å²) >= 11 is 0. The molecule has 0 aromatic heterocycles. The lowest BCUT2D eigenvalue weighted by atomic mass is 9.62. The van der Waals surface area contributed by atoms with Crippen LogP contribution >= 0.6 is 0 Å². The first-order valence-corrected chi connectivity index (χ1v) is 7.05. The molecule has 7 heteroatoms. The Balaban J connectivity index is 2.45. The number of allylic oxidation sites excluding steroid dienone is 1. The van der Waals surface area contributed by atoms with Crippen LogP contribution in [-0.2, 0) is 9.63 Å². The van der Waals surface area contributed by atoms with E-state index in [1.165, 1.54) is 6.92 Å². The molecule has 0 bridgehead atoms. The molecule has 1 aromatic rings. The zero-order valence-electron chi connectivity index (χ0n) is 12.6. The van der Waals surface area contributed by atoms with Gasteiger partial charge in [-0.25, -0.2) is 4.79 Å². The lowest BCUT2D eigenvalue weighted by Crippen LogP contribution is -2.45. The highest BCUT2D eigenvalue weighted by molar-refractivity contribution is 6.13. The van der Waals surface area contributed by atoms with E-state index >= 15 is 0 Å². The molecule has 3 rings (SSSR count). The molecule has 2 unspecified atom stereocenters. The molecule has 2 aliphatic rings. The Bertz CT molecular complexity index is 912. The fourth-order valence-corrected chi connectivity index (χ4v) is 3.63. The van der Waals surface area contributed by atoms with Crippen molar-refractivity contribution in [2.45, 2.75) is 12.8 Å². The number of oxime groups is 1. The predicted octanol–water partition coefficient (Wildman–Crippen LogP) is 1.47. The van der Waals surface area contributed by atoms with Gasteiger partial charge in [-0.15, -0.1) is 0 Å². The Kier molecular flexibility index (Phi) is 3.14. The van der Waals surface area contributed by atoms with Crippen molar-refractivity contribution in [1.29, 1.82) is 15.8 Å². The second kappa shape index (κ2) is 4.94. The number of nitrogens with zero attached hydrogens (tertiary/aromatic N) is 4. The van der Waals surface area contributed by atoms with E-state index < -0.39 is 22.7 Å². The zero-order chi connectivity index (χ0) is 17.5. The summed E-state index contributed by atoms with van der Waals surface area (Å²) in [6.07, 6.45) is 0. The minimum atomic E-state index is -1.90. The van der Waals surface area contributed by atoms with Crippen LogP contribution in [0.15, 0.2) is 46.8 Å². The van der Waals surface area contributed by atoms with Gasteiger partial charge in [0.25, 0.3) is 0 Å². The van der Waals surface area contributed by atoms with Crippen LogP contribution in [0, 0.1) is 44.8 Å². The van der Waals surface area contributed by atoms with Gasteiger partial charge < -0.3 is 10.6 Å². The maximum atomic E-state index is 12.6. The fourth-order valence-electron chi connectivity index (χ4n) is 3.63. The molecule has 0 fully saturated rings. The number of benzene rings is 1. The standard InChI is InChI=1S/C17H11N5O2/c1-10-17(15(23)24-22-10)13(11-5-3-2-4-6-11)16(8-19,9-20)12(7-18)14(17)21/h2-6,13H,21H2,1H3. The normalized spacial score (nSPS) is 27.2. The van der Waals surface area contributed by atoms with E-state index in [0.717, 1.165) is 0 Å². The van der Waals surface area contributed by atoms with Crippen LogP contribution < -0.4 is 5.73 Å². The third-order valence-electron chi connectivity index (χ3n) is 4.71. The molecular weight excluding hydrogens is 306 g/mol. The summed E-state index contributed by atoms with van der Waals surface area (Å²) < 4.78 is 0. The summed E-state index contributed by atoms with van der Waals surface area (Å²) in [5.41, 5.74) is 2.99. The van der Waals surface area contributed by atoms with Gasteiger partial charge >= 0.3 is 5.97 Å². The highest BCUT2D eigenvalue weighted by atomic mass is 16.7. The number of carbonyl (C=O) groups excluding carboxylic acids is 1. The van der Waals surface area contributed by atoms with Gasteiger partial charge in [-0.05, 0) is 12.5 Å². The third-order valence-corrected chi connectivity index (χ3v) is 4.71. The molecule has 0 saturated carbocycles. The topological polar surface area (TPSA) is 136 Å². The van der Waals surface area contributed by atoms with E-state index in [2.05, 4.69) is 5.16 Å². The molecule has 1 spiro atoms. The first kappa shape index (κ1) is 15.3. The van der Waals surface area contributed by atoms with Crippen LogP contribution in [0.25, 0.3) is 0 Å². The highest BCUT2D eigenvalue weighted by Crippen LogP contribution is 2.62. The Morgan fingerprint density at radius 2 is 1.83 bits per heavy atom. The number of rotatable bonds is 1. The highest BCUT2D eigenvalue weighted by Gasteiger charge is 2.71. The molecule has 24 heavy (non-hydrogen) atoms. The SMILES string of the molecule is CC1=NOC(=O)C12C(N)=C(C#N)C(C#N)(C#N)C2c1ccccc1. The van der Waals surface area contributed by atoms with Gasteiger partial charge in [0, 0.05) is 11.6 Å². The largest absolute Gasteiger partial charge is 0.400 e. The second-order valence-electron chi connectivity index (χ2n) is 5.64. The van der Waals surface area contributed by atoms with Crippen LogP contribution in [0.1, 0.15) is 18.4 Å². The predicted molar refractivity (Wildman–Crippen MR) is 81.3 cm³/mol. The van der Waals surface area contributed by atoms with Crippen LogP contribution in [0.3, 0.4) is 0 Å². The number of carbonyl (C=O) groups is 1. The first-order valence-electron chi connectivity index (χ1n) is 7.05. The molecule has 0 amide bonds. The Morgan fingerprint density at radius 1 is 1.21 bits per heavy atom. The van der Waals surface area contributed by atoms with E-state index in [-0.39, 0.29) is 17.0 Å². The van der Waals surface area contributed by atoms with Crippen LogP contribution in [-0.4, -0.2) is 11.7 Å². The molecule has 1 aromatic carbocycles. The number of hydrogen-bond acceptors (Lipinski definition) is 7. The molecule has 1 aliphatic heterocycles. The van der Waals surface area contributed by atoms with Crippen molar-refractivity contribution in [2.75, 3.05) is 0 Å². The van der Waals surface area contributed by atoms with Crippen molar-refractivity contribution in [3.8, 4) is 18.2 Å². The summed E-state index contributed by atoms with van der Waals surface area (Å²) in [4.78, 5) is 17.4. The van der Waals surface area contributed by atoms with Gasteiger partial charge in [-0.1, -0.05) is 35.5 Å². The van der Waals surface area contributed by atoms with Crippen LogP contribution in [0.4, 0.5) is 0 Å². The van der Waals surface area contributed by atoms with E-state index in [0.29, 0.717) is 5.56 Å². The third kappa shape index (κ3) is 1.47. The molecule has 0 saturated heterocycles. The molecule has 1 aliphatic carbocycles. The first-order chi connectivity index (χ1) is 11.5. The number of nitriles is 3. The molecule has 1 heterocycles. The van der Waals surface area contributed by atoms with E-state index in [4.69, 9.17) is 10.6 Å². The summed E-state index contributed by atoms with van der Waals surface area (Å²) in [6, 6.07) is 14.2. The maximum absolute atomic E-state index is 12.6. The van der Waals surface area contributed by atoms with Crippen molar-refractivity contribution < 1.29 is 9.63 Å². The van der Waals surface area contributed by atoms with Crippen molar-refractivity contribution in [3.05, 3.63) is 47.2 Å². The average Bonchev–Trinajstić information content (AvgIpc) is 3.03. The number of nitrogens with two attached hydrogens (primary N) is 1. The van der Waals surface area contributed by atoms with Crippen LogP contribution in [0.5, 0.6) is 0 Å². The molecule has 0 radical (unpaired) electrons. The minimum absolute atomic E-state index is 0.147. The Morgan fingerprint density at radius 3 is 2.29 bits per heavy atom. The molecule has 116 valence electrons. The van der Waals surface area contributed by atoms with Gasteiger partial charge in [-0.3, -0.25) is 0 Å². The monoisotopic (exact) mass is 317 g/mol. The fraction of sp³-hybridized carbons (Fsp3) is 0.235. The van der Waals surface area contributed by atoms with E-state index in [9.17, 15) is 20.6 Å². The summed E-state index contributed by atoms with van der Waals surface area (Å²) in [5, 5.41) is 32.8. The van der Waals surface area contributed by atoms with Crippen molar-refractivity contribution in [3.63, 3.8) is 0 Å². The summed E-state index contributed by atoms with van der Waals surface area (Å²) in [5.74, 6) is -1.80. The van der Waals surface area contributed by atoms with Crippen LogP contribution in [0.2, 0.25) is 0 Å². The van der Waals surface area contributed by atoms with Gasteiger partial charge in [-0.2, -0.15) is 15.8 Å². The van der Waals surface area contributed by atoms with Crippen molar-refractivity contribution in [2.24, 2.45) is 21.7 Å². The molecular formula is C17H11N5O2. The quantitative estimate of drug-likeness (QED) is 0.779. The van der Waals surface area contributed by atoms with Gasteiger partial charge in [0.15, 0.2) is 10.8 Å². The van der Waals surface area contributed by atoms with E-state index in [1.807, 2.05) is 18.2 Å². The summed E-state index contributed by atoms with van der Waals surface area (Å²) in [7, 11) is 0.